The summed E-state index contributed by atoms with van der Waals surface area (Å²) >= 11 is 11.8. The minimum absolute atomic E-state index is 0.522. The van der Waals surface area contributed by atoms with E-state index in [9.17, 15) is 4.21 Å². The van der Waals surface area contributed by atoms with Gasteiger partial charge < -0.3 is 5.32 Å². The standard InChI is InChI=1S/C11H13Cl2NOS/c12-8-1-4-10(13)11(7-8)16(15)6-5-14-9-2-3-9/h1,4,7,9,14H,2-3,5-6H2. The molecule has 1 N–H and O–H groups in total. The summed E-state index contributed by atoms with van der Waals surface area (Å²) in [5, 5.41) is 4.42. The van der Waals surface area contributed by atoms with Crippen LogP contribution in [0, 0.1) is 0 Å². The van der Waals surface area contributed by atoms with E-state index >= 15 is 0 Å². The van der Waals surface area contributed by atoms with Gasteiger partial charge in [0.2, 0.25) is 0 Å². The third kappa shape index (κ3) is 3.45. The fourth-order valence-corrected chi connectivity index (χ4v) is 3.08. The average molecular weight is 278 g/mol. The van der Waals surface area contributed by atoms with Gasteiger partial charge in [-0.1, -0.05) is 23.2 Å². The quantitative estimate of drug-likeness (QED) is 0.897. The lowest BCUT2D eigenvalue weighted by Crippen LogP contribution is -2.22. The van der Waals surface area contributed by atoms with Crippen molar-refractivity contribution in [2.45, 2.75) is 23.8 Å². The van der Waals surface area contributed by atoms with Crippen LogP contribution in [0.15, 0.2) is 23.1 Å². The second-order valence-electron chi connectivity index (χ2n) is 3.85. The van der Waals surface area contributed by atoms with Crippen LogP contribution in [0.25, 0.3) is 0 Å². The fraction of sp³-hybridized carbons (Fsp3) is 0.455. The molecule has 0 spiro atoms. The van der Waals surface area contributed by atoms with Gasteiger partial charge in [0, 0.05) is 23.4 Å². The molecule has 0 radical (unpaired) electrons. The van der Waals surface area contributed by atoms with E-state index in [0.717, 1.165) is 6.54 Å². The Kier molecular flexibility index (Phi) is 4.25. The summed E-state index contributed by atoms with van der Waals surface area (Å²) in [5.41, 5.74) is 0. The highest BCUT2D eigenvalue weighted by molar-refractivity contribution is 7.85. The summed E-state index contributed by atoms with van der Waals surface area (Å²) in [6.07, 6.45) is 2.48. The lowest BCUT2D eigenvalue weighted by Gasteiger charge is -2.06. The Morgan fingerprint density at radius 1 is 1.38 bits per heavy atom. The van der Waals surface area contributed by atoms with Gasteiger partial charge in [0.25, 0.3) is 0 Å². The van der Waals surface area contributed by atoms with Crippen molar-refractivity contribution in [3.63, 3.8) is 0 Å². The third-order valence-electron chi connectivity index (χ3n) is 2.44. The number of halogens is 2. The van der Waals surface area contributed by atoms with E-state index in [0.29, 0.717) is 26.7 Å². The van der Waals surface area contributed by atoms with E-state index < -0.39 is 10.8 Å². The van der Waals surface area contributed by atoms with Crippen LogP contribution >= 0.6 is 23.2 Å². The molecule has 1 aromatic rings. The third-order valence-corrected chi connectivity index (χ3v) is 4.52. The molecule has 0 bridgehead atoms. The molecule has 1 saturated carbocycles. The Hall–Kier alpha value is -0.0900. The Morgan fingerprint density at radius 2 is 2.12 bits per heavy atom. The second kappa shape index (κ2) is 5.50. The molecule has 2 nitrogen and oxygen atoms in total. The SMILES string of the molecule is O=S(CCNC1CC1)c1cc(Cl)ccc1Cl. The summed E-state index contributed by atoms with van der Waals surface area (Å²) < 4.78 is 11.9. The van der Waals surface area contributed by atoms with Gasteiger partial charge in [-0.25, -0.2) is 0 Å². The molecule has 0 saturated heterocycles. The first kappa shape index (κ1) is 12.4. The molecule has 88 valence electrons. The molecule has 0 amide bonds. The van der Waals surface area contributed by atoms with Gasteiger partial charge in [-0.3, -0.25) is 4.21 Å². The molecule has 1 fully saturated rings. The van der Waals surface area contributed by atoms with Crippen molar-refractivity contribution in [3.8, 4) is 0 Å². The van der Waals surface area contributed by atoms with Crippen LogP contribution in [0.4, 0.5) is 0 Å². The van der Waals surface area contributed by atoms with Crippen LogP contribution < -0.4 is 5.32 Å². The maximum absolute atomic E-state index is 11.9. The smallest absolute Gasteiger partial charge is 0.0589 e. The van der Waals surface area contributed by atoms with Crippen LogP contribution in [0.3, 0.4) is 0 Å². The van der Waals surface area contributed by atoms with Crippen molar-refractivity contribution in [1.29, 1.82) is 0 Å². The molecule has 1 aromatic carbocycles. The molecule has 0 aliphatic heterocycles. The minimum atomic E-state index is -1.07. The zero-order valence-electron chi connectivity index (χ0n) is 8.71. The number of hydrogen-bond acceptors (Lipinski definition) is 2. The van der Waals surface area contributed by atoms with Gasteiger partial charge in [0.15, 0.2) is 0 Å². The van der Waals surface area contributed by atoms with Crippen LogP contribution in [0.5, 0.6) is 0 Å². The topological polar surface area (TPSA) is 29.1 Å². The van der Waals surface area contributed by atoms with Gasteiger partial charge >= 0.3 is 0 Å². The number of rotatable bonds is 5. The molecule has 5 heteroatoms. The summed E-state index contributed by atoms with van der Waals surface area (Å²) in [4.78, 5) is 0.631. The molecule has 16 heavy (non-hydrogen) atoms. The van der Waals surface area contributed by atoms with Gasteiger partial charge in [0.1, 0.15) is 0 Å². The summed E-state index contributed by atoms with van der Waals surface area (Å²) in [6, 6.07) is 5.71. The van der Waals surface area contributed by atoms with E-state index in [4.69, 9.17) is 23.2 Å². The predicted molar refractivity (Wildman–Crippen MR) is 68.8 cm³/mol. The van der Waals surface area contributed by atoms with Crippen LogP contribution in [0.1, 0.15) is 12.8 Å². The first-order valence-electron chi connectivity index (χ1n) is 5.23. The Labute approximate surface area is 108 Å². The maximum Gasteiger partial charge on any atom is 0.0589 e. The van der Waals surface area contributed by atoms with Gasteiger partial charge in [-0.2, -0.15) is 0 Å². The normalized spacial score (nSPS) is 17.4. The highest BCUT2D eigenvalue weighted by Gasteiger charge is 2.20. The van der Waals surface area contributed by atoms with E-state index in [2.05, 4.69) is 5.32 Å². The van der Waals surface area contributed by atoms with Gasteiger partial charge in [0.05, 0.1) is 20.7 Å². The van der Waals surface area contributed by atoms with Crippen molar-refractivity contribution in [1.82, 2.24) is 5.32 Å². The van der Waals surface area contributed by atoms with Crippen molar-refractivity contribution >= 4 is 34.0 Å². The predicted octanol–water partition coefficient (Wildman–Crippen LogP) is 2.85. The van der Waals surface area contributed by atoms with Crippen molar-refractivity contribution < 1.29 is 4.21 Å². The van der Waals surface area contributed by atoms with Crippen LogP contribution in [0.2, 0.25) is 10.0 Å². The fourth-order valence-electron chi connectivity index (χ4n) is 1.40. The number of nitrogens with one attached hydrogen (secondary N) is 1. The maximum atomic E-state index is 11.9. The molecule has 1 atom stereocenters. The molecular formula is C11H13Cl2NOS. The molecule has 1 aliphatic carbocycles. The molecule has 1 unspecified atom stereocenters. The monoisotopic (exact) mass is 277 g/mol. The minimum Gasteiger partial charge on any atom is -0.313 e. The van der Waals surface area contributed by atoms with Crippen molar-refractivity contribution in [2.24, 2.45) is 0 Å². The number of hydrogen-bond donors (Lipinski definition) is 1. The molecule has 2 rings (SSSR count). The Balaban J connectivity index is 1.93. The van der Waals surface area contributed by atoms with Crippen molar-refractivity contribution in [2.75, 3.05) is 12.3 Å². The first-order chi connectivity index (χ1) is 7.66. The van der Waals surface area contributed by atoms with Crippen LogP contribution in [-0.2, 0) is 10.8 Å². The van der Waals surface area contributed by atoms with E-state index in [1.54, 1.807) is 18.2 Å². The second-order valence-corrected chi connectivity index (χ2v) is 6.24. The van der Waals surface area contributed by atoms with E-state index in [1.807, 2.05) is 0 Å². The van der Waals surface area contributed by atoms with E-state index in [1.165, 1.54) is 12.8 Å². The highest BCUT2D eigenvalue weighted by atomic mass is 35.5. The highest BCUT2D eigenvalue weighted by Crippen LogP contribution is 2.24. The van der Waals surface area contributed by atoms with Gasteiger partial charge in [-0.15, -0.1) is 0 Å². The van der Waals surface area contributed by atoms with Gasteiger partial charge in [-0.05, 0) is 31.0 Å². The Bertz CT molecular complexity index is 407. The summed E-state index contributed by atoms with van der Waals surface area (Å²) in [6.45, 7) is 0.764. The summed E-state index contributed by atoms with van der Waals surface area (Å²) in [7, 11) is -1.07. The number of benzene rings is 1. The average Bonchev–Trinajstić information content (AvgIpc) is 3.05. The summed E-state index contributed by atoms with van der Waals surface area (Å²) in [5.74, 6) is 0.580. The largest absolute Gasteiger partial charge is 0.313 e. The lowest BCUT2D eigenvalue weighted by molar-refractivity contribution is 0.672. The molecule has 1 aliphatic rings. The zero-order valence-corrected chi connectivity index (χ0v) is 11.0. The Morgan fingerprint density at radius 3 is 2.81 bits per heavy atom. The lowest BCUT2D eigenvalue weighted by atomic mass is 10.4. The van der Waals surface area contributed by atoms with Crippen LogP contribution in [-0.4, -0.2) is 22.5 Å². The molecular weight excluding hydrogens is 265 g/mol. The molecule has 0 heterocycles. The van der Waals surface area contributed by atoms with E-state index in [-0.39, 0.29) is 0 Å². The first-order valence-corrected chi connectivity index (χ1v) is 7.31. The van der Waals surface area contributed by atoms with Crippen molar-refractivity contribution in [3.05, 3.63) is 28.2 Å². The zero-order chi connectivity index (χ0) is 11.5. The molecule has 0 aromatic heterocycles.